The second-order valence-corrected chi connectivity index (χ2v) is 5.69. The Labute approximate surface area is 153 Å². The summed E-state index contributed by atoms with van der Waals surface area (Å²) in [5.41, 5.74) is 0.0957. The van der Waals surface area contributed by atoms with E-state index in [1.807, 2.05) is 10.1 Å². The second-order valence-electron chi connectivity index (χ2n) is 4.72. The van der Waals surface area contributed by atoms with Crippen LogP contribution in [0.2, 0.25) is 0 Å². The van der Waals surface area contributed by atoms with Crippen molar-refractivity contribution in [3.05, 3.63) is 48.6 Å². The van der Waals surface area contributed by atoms with E-state index in [1.165, 1.54) is 13.2 Å². The van der Waals surface area contributed by atoms with Crippen molar-refractivity contribution >= 4 is 29.6 Å². The molecule has 3 N–H and O–H groups in total. The molecular formula is C13H11N6O7S-. The second kappa shape index (κ2) is 8.61. The summed E-state index contributed by atoms with van der Waals surface area (Å²) in [4.78, 5) is 45.9. The predicted octanol–water partition coefficient (Wildman–Crippen LogP) is -1.31. The summed E-state index contributed by atoms with van der Waals surface area (Å²) >= 11 is 0.763. The van der Waals surface area contributed by atoms with Crippen molar-refractivity contribution in [2.75, 3.05) is 12.9 Å². The highest BCUT2D eigenvalue weighted by Gasteiger charge is 2.13. The summed E-state index contributed by atoms with van der Waals surface area (Å²) in [6.07, 6.45) is 1.09. The van der Waals surface area contributed by atoms with E-state index in [4.69, 9.17) is 4.74 Å². The molecule has 0 saturated carbocycles. The zero-order valence-corrected chi connectivity index (χ0v) is 14.4. The standard InChI is InChI=1S/C13H12N6O7S/c1-26-8-3-6(2-7(10(8)21)19(24)25)4-14-16-9(20)5-27-12-11(22)15-13(23)18-17-12/h2-4,21H,5H2,1H3,(H,16,20)(H2,15,18,22,23)/p-1/b14-4-. The van der Waals surface area contributed by atoms with Crippen LogP contribution in [0.25, 0.3) is 0 Å². The van der Waals surface area contributed by atoms with Crippen LogP contribution in [-0.2, 0) is 4.79 Å². The SMILES string of the molecule is COc1cc(/C=N\NC(=O)CSc2n[nH]c(=O)[nH]c2=O)cc([N+](=O)[O-])c1[O-]. The molecule has 0 saturated heterocycles. The Morgan fingerprint density at radius 3 is 2.85 bits per heavy atom. The molecule has 2 aromatic rings. The minimum atomic E-state index is -0.876. The number of nitro groups is 1. The molecule has 1 aromatic heterocycles. The number of nitrogens with one attached hydrogen (secondary N) is 3. The molecule has 0 atom stereocenters. The lowest BCUT2D eigenvalue weighted by atomic mass is 10.2. The van der Waals surface area contributed by atoms with Gasteiger partial charge in [0.15, 0.2) is 5.03 Å². The first-order valence-corrected chi connectivity index (χ1v) is 7.97. The van der Waals surface area contributed by atoms with Gasteiger partial charge in [0.05, 0.1) is 24.0 Å². The van der Waals surface area contributed by atoms with Gasteiger partial charge >= 0.3 is 5.69 Å². The minimum absolute atomic E-state index is 0.111. The van der Waals surface area contributed by atoms with Crippen LogP contribution in [0, 0.1) is 10.1 Å². The van der Waals surface area contributed by atoms with E-state index >= 15 is 0 Å². The number of ether oxygens (including phenoxy) is 1. The number of methoxy groups -OCH3 is 1. The first-order valence-electron chi connectivity index (χ1n) is 6.99. The Kier molecular flexibility index (Phi) is 6.27. The number of hydrogen-bond acceptors (Lipinski definition) is 10. The van der Waals surface area contributed by atoms with Gasteiger partial charge in [0, 0.05) is 17.4 Å². The number of rotatable bonds is 7. The quantitative estimate of drug-likeness (QED) is 0.221. The largest absolute Gasteiger partial charge is 0.865 e. The van der Waals surface area contributed by atoms with Crippen molar-refractivity contribution in [1.29, 1.82) is 0 Å². The third-order valence-corrected chi connectivity index (χ3v) is 3.85. The van der Waals surface area contributed by atoms with E-state index in [-0.39, 0.29) is 22.1 Å². The first kappa shape index (κ1) is 19.6. The van der Waals surface area contributed by atoms with Gasteiger partial charge in [-0.3, -0.25) is 24.7 Å². The Bertz CT molecular complexity index is 1010. The third kappa shape index (κ3) is 5.15. The molecule has 0 aliphatic rings. The van der Waals surface area contributed by atoms with Crippen molar-refractivity contribution in [3.8, 4) is 11.5 Å². The molecule has 0 bridgehead atoms. The molecule has 0 aliphatic heterocycles. The van der Waals surface area contributed by atoms with Crippen LogP contribution < -0.4 is 26.5 Å². The van der Waals surface area contributed by atoms with Crippen LogP contribution in [0.5, 0.6) is 11.5 Å². The number of H-pyrrole nitrogens is 2. The molecule has 2 rings (SSSR count). The van der Waals surface area contributed by atoms with Gasteiger partial charge < -0.3 is 9.84 Å². The fourth-order valence-corrected chi connectivity index (χ4v) is 2.37. The molecule has 1 amide bonds. The van der Waals surface area contributed by atoms with Gasteiger partial charge in [0.2, 0.25) is 5.91 Å². The van der Waals surface area contributed by atoms with Crippen LogP contribution in [0.3, 0.4) is 0 Å². The van der Waals surface area contributed by atoms with Crippen molar-refractivity contribution < 1.29 is 19.6 Å². The zero-order valence-electron chi connectivity index (χ0n) is 13.5. The van der Waals surface area contributed by atoms with E-state index in [9.17, 15) is 29.6 Å². The number of benzene rings is 1. The molecule has 0 radical (unpaired) electrons. The number of thioether (sulfide) groups is 1. The number of carbonyl (C=O) groups is 1. The fourth-order valence-electron chi connectivity index (χ4n) is 1.75. The highest BCUT2D eigenvalue weighted by molar-refractivity contribution is 7.99. The van der Waals surface area contributed by atoms with Gasteiger partial charge in [-0.1, -0.05) is 11.8 Å². The number of nitrogens with zero attached hydrogens (tertiary/aromatic N) is 3. The maximum Gasteiger partial charge on any atom is 0.342 e. The Morgan fingerprint density at radius 1 is 1.48 bits per heavy atom. The highest BCUT2D eigenvalue weighted by Crippen LogP contribution is 2.33. The van der Waals surface area contributed by atoms with Crippen LogP contribution in [0.15, 0.2) is 31.8 Å². The molecule has 0 unspecified atom stereocenters. The molecule has 27 heavy (non-hydrogen) atoms. The van der Waals surface area contributed by atoms with Crippen LogP contribution in [0.4, 0.5) is 5.69 Å². The molecule has 0 aliphatic carbocycles. The lowest BCUT2D eigenvalue weighted by molar-refractivity contribution is -0.398. The maximum absolute atomic E-state index is 11.7. The van der Waals surface area contributed by atoms with E-state index in [1.54, 1.807) is 0 Å². The van der Waals surface area contributed by atoms with Crippen molar-refractivity contribution in [3.63, 3.8) is 0 Å². The van der Waals surface area contributed by atoms with Crippen LogP contribution >= 0.6 is 11.8 Å². The number of amides is 1. The molecule has 0 spiro atoms. The normalized spacial score (nSPS) is 10.7. The van der Waals surface area contributed by atoms with Gasteiger partial charge in [0.1, 0.15) is 5.75 Å². The summed E-state index contributed by atoms with van der Waals surface area (Å²) in [7, 11) is 1.19. The Hall–Kier alpha value is -3.68. The Morgan fingerprint density at radius 2 is 2.22 bits per heavy atom. The van der Waals surface area contributed by atoms with Crippen molar-refractivity contribution in [2.45, 2.75) is 5.03 Å². The van der Waals surface area contributed by atoms with Crippen LogP contribution in [-0.4, -0.2) is 45.1 Å². The number of hydrogen-bond donors (Lipinski definition) is 3. The highest BCUT2D eigenvalue weighted by atomic mass is 32.2. The summed E-state index contributed by atoms with van der Waals surface area (Å²) in [6, 6.07) is 2.21. The van der Waals surface area contributed by atoms with Gasteiger partial charge in [-0.2, -0.15) is 10.2 Å². The van der Waals surface area contributed by atoms with E-state index < -0.39 is 33.5 Å². The van der Waals surface area contributed by atoms with E-state index in [0.717, 1.165) is 24.0 Å². The average Bonchev–Trinajstić information content (AvgIpc) is 2.61. The number of carbonyl (C=O) groups excluding carboxylic acids is 1. The zero-order chi connectivity index (χ0) is 20.0. The van der Waals surface area contributed by atoms with Gasteiger partial charge in [-0.15, -0.1) is 0 Å². The van der Waals surface area contributed by atoms with Gasteiger partial charge in [0.25, 0.3) is 11.2 Å². The molecule has 142 valence electrons. The van der Waals surface area contributed by atoms with E-state index in [0.29, 0.717) is 0 Å². The van der Waals surface area contributed by atoms with Gasteiger partial charge in [-0.25, -0.2) is 15.3 Å². The number of hydrazone groups is 1. The number of aromatic nitrogens is 3. The molecule has 0 fully saturated rings. The monoisotopic (exact) mass is 395 g/mol. The number of nitro benzene ring substituents is 1. The van der Waals surface area contributed by atoms with Crippen molar-refractivity contribution in [2.24, 2.45) is 5.10 Å². The molecule has 1 heterocycles. The number of aromatic amines is 2. The maximum atomic E-state index is 11.7. The predicted molar refractivity (Wildman–Crippen MR) is 91.0 cm³/mol. The molecule has 13 nitrogen and oxygen atoms in total. The van der Waals surface area contributed by atoms with Crippen LogP contribution in [0.1, 0.15) is 5.56 Å². The van der Waals surface area contributed by atoms with E-state index in [2.05, 4.69) is 15.6 Å². The minimum Gasteiger partial charge on any atom is -0.865 e. The lowest BCUT2D eigenvalue weighted by Crippen LogP contribution is -2.26. The molecule has 14 heteroatoms. The summed E-state index contributed by atoms with van der Waals surface area (Å²) < 4.78 is 4.78. The average molecular weight is 395 g/mol. The Balaban J connectivity index is 2.01. The topological polar surface area (TPSA) is 195 Å². The summed E-state index contributed by atoms with van der Waals surface area (Å²) in [6.45, 7) is 0. The summed E-state index contributed by atoms with van der Waals surface area (Å²) in [5.74, 6) is -1.96. The van der Waals surface area contributed by atoms with Gasteiger partial charge in [-0.05, 0) is 6.07 Å². The smallest absolute Gasteiger partial charge is 0.342 e. The molecule has 1 aromatic carbocycles. The molecular weight excluding hydrogens is 384 g/mol. The fraction of sp³-hybridized carbons (Fsp3) is 0.154. The summed E-state index contributed by atoms with van der Waals surface area (Å²) in [5, 5.41) is 31.6. The lowest BCUT2D eigenvalue weighted by Gasteiger charge is -2.12. The first-order chi connectivity index (χ1) is 12.8. The van der Waals surface area contributed by atoms with Crippen molar-refractivity contribution in [1.82, 2.24) is 20.6 Å². The third-order valence-electron chi connectivity index (χ3n) is 2.90.